The zero-order chi connectivity index (χ0) is 14.7. The van der Waals surface area contributed by atoms with E-state index in [2.05, 4.69) is 59.5 Å². The van der Waals surface area contributed by atoms with Crippen LogP contribution in [-0.4, -0.2) is 24.6 Å². The van der Waals surface area contributed by atoms with Gasteiger partial charge in [-0.05, 0) is 54.7 Å². The second-order valence-corrected chi connectivity index (χ2v) is 5.93. The summed E-state index contributed by atoms with van der Waals surface area (Å²) in [7, 11) is 2.20. The van der Waals surface area contributed by atoms with Crippen LogP contribution < -0.4 is 10.2 Å². The van der Waals surface area contributed by atoms with Crippen LogP contribution in [0, 0.1) is 0 Å². The summed E-state index contributed by atoms with van der Waals surface area (Å²) in [5.41, 5.74) is 5.69. The van der Waals surface area contributed by atoms with E-state index in [9.17, 15) is 0 Å². The van der Waals surface area contributed by atoms with Crippen molar-refractivity contribution in [2.24, 2.45) is 0 Å². The fraction of sp³-hybridized carbons (Fsp3) is 0.389. The first-order valence-electron chi connectivity index (χ1n) is 7.68. The van der Waals surface area contributed by atoms with Crippen molar-refractivity contribution in [1.82, 2.24) is 10.3 Å². The van der Waals surface area contributed by atoms with Crippen molar-refractivity contribution < 1.29 is 0 Å². The molecule has 1 unspecified atom stereocenters. The summed E-state index contributed by atoms with van der Waals surface area (Å²) in [5, 5.41) is 3.54. The van der Waals surface area contributed by atoms with Crippen LogP contribution in [0.2, 0.25) is 0 Å². The highest BCUT2D eigenvalue weighted by atomic mass is 15.1. The Bertz CT molecular complexity index is 595. The van der Waals surface area contributed by atoms with Crippen LogP contribution in [0.1, 0.15) is 23.6 Å². The highest BCUT2D eigenvalue weighted by Crippen LogP contribution is 2.27. The summed E-state index contributed by atoms with van der Waals surface area (Å²) in [6.45, 7) is 4.28. The van der Waals surface area contributed by atoms with Crippen LogP contribution in [0.5, 0.6) is 0 Å². The van der Waals surface area contributed by atoms with Gasteiger partial charge in [-0.15, -0.1) is 0 Å². The van der Waals surface area contributed by atoms with Gasteiger partial charge in [0.2, 0.25) is 0 Å². The predicted octanol–water partition coefficient (Wildman–Crippen LogP) is 2.79. The fourth-order valence-electron chi connectivity index (χ4n) is 3.01. The lowest BCUT2D eigenvalue weighted by atomic mass is 9.94. The molecule has 0 saturated carbocycles. The Morgan fingerprint density at radius 1 is 1.24 bits per heavy atom. The maximum Gasteiger partial charge on any atom is 0.0400 e. The van der Waals surface area contributed by atoms with E-state index in [1.54, 1.807) is 0 Å². The molecular weight excluding hydrogens is 258 g/mol. The molecule has 0 amide bonds. The van der Waals surface area contributed by atoms with Crippen LogP contribution in [0.15, 0.2) is 42.7 Å². The van der Waals surface area contributed by atoms with Gasteiger partial charge in [-0.3, -0.25) is 4.98 Å². The highest BCUT2D eigenvalue weighted by Gasteiger charge is 2.18. The SMILES string of the molecule is CC1Cc2c(cccc2N(C)CCc2ccncc2)CN1. The first-order valence-corrected chi connectivity index (χ1v) is 7.68. The number of hydrogen-bond donors (Lipinski definition) is 1. The topological polar surface area (TPSA) is 28.2 Å². The molecule has 2 heterocycles. The van der Waals surface area contributed by atoms with Crippen molar-refractivity contribution in [1.29, 1.82) is 0 Å². The number of fused-ring (bicyclic) bond motifs is 1. The molecule has 0 aliphatic carbocycles. The molecule has 3 nitrogen and oxygen atoms in total. The number of pyridine rings is 1. The van der Waals surface area contributed by atoms with E-state index >= 15 is 0 Å². The molecule has 2 aromatic rings. The van der Waals surface area contributed by atoms with E-state index in [0.29, 0.717) is 6.04 Å². The number of nitrogens with one attached hydrogen (secondary N) is 1. The van der Waals surface area contributed by atoms with Crippen molar-refractivity contribution in [3.8, 4) is 0 Å². The van der Waals surface area contributed by atoms with Gasteiger partial charge in [0, 0.05) is 44.3 Å². The molecule has 0 fully saturated rings. The molecule has 1 aromatic heterocycles. The van der Waals surface area contributed by atoms with Gasteiger partial charge < -0.3 is 10.2 Å². The van der Waals surface area contributed by atoms with Gasteiger partial charge in [0.1, 0.15) is 0 Å². The maximum atomic E-state index is 4.08. The first kappa shape index (κ1) is 14.1. The molecule has 1 atom stereocenters. The zero-order valence-electron chi connectivity index (χ0n) is 12.8. The van der Waals surface area contributed by atoms with E-state index in [-0.39, 0.29) is 0 Å². The van der Waals surface area contributed by atoms with E-state index in [0.717, 1.165) is 25.9 Å². The van der Waals surface area contributed by atoms with Crippen molar-refractivity contribution in [3.63, 3.8) is 0 Å². The molecule has 110 valence electrons. The van der Waals surface area contributed by atoms with E-state index in [1.807, 2.05) is 12.4 Å². The Labute approximate surface area is 127 Å². The predicted molar refractivity (Wildman–Crippen MR) is 87.7 cm³/mol. The van der Waals surface area contributed by atoms with Crippen molar-refractivity contribution >= 4 is 5.69 Å². The number of anilines is 1. The zero-order valence-corrected chi connectivity index (χ0v) is 12.8. The average molecular weight is 281 g/mol. The number of benzene rings is 1. The molecule has 21 heavy (non-hydrogen) atoms. The first-order chi connectivity index (χ1) is 10.2. The van der Waals surface area contributed by atoms with Gasteiger partial charge in [0.25, 0.3) is 0 Å². The smallest absolute Gasteiger partial charge is 0.0400 e. The molecule has 3 heteroatoms. The summed E-state index contributed by atoms with van der Waals surface area (Å²) in [4.78, 5) is 6.46. The van der Waals surface area contributed by atoms with Gasteiger partial charge in [-0.1, -0.05) is 12.1 Å². The van der Waals surface area contributed by atoms with Crippen molar-refractivity contribution in [2.75, 3.05) is 18.5 Å². The maximum absolute atomic E-state index is 4.08. The van der Waals surface area contributed by atoms with Crippen molar-refractivity contribution in [2.45, 2.75) is 32.4 Å². The Morgan fingerprint density at radius 3 is 2.86 bits per heavy atom. The molecule has 1 N–H and O–H groups in total. The second kappa shape index (κ2) is 6.27. The molecule has 1 aromatic carbocycles. The summed E-state index contributed by atoms with van der Waals surface area (Å²) in [5.74, 6) is 0. The number of aromatic nitrogens is 1. The van der Waals surface area contributed by atoms with Crippen LogP contribution in [0.3, 0.4) is 0 Å². The third-order valence-electron chi connectivity index (χ3n) is 4.30. The van der Waals surface area contributed by atoms with Crippen LogP contribution in [0.25, 0.3) is 0 Å². The van der Waals surface area contributed by atoms with Gasteiger partial charge in [-0.25, -0.2) is 0 Å². The lowest BCUT2D eigenvalue weighted by Crippen LogP contribution is -2.34. The lowest BCUT2D eigenvalue weighted by molar-refractivity contribution is 0.513. The molecule has 0 spiro atoms. The largest absolute Gasteiger partial charge is 0.374 e. The summed E-state index contributed by atoms with van der Waals surface area (Å²) < 4.78 is 0. The van der Waals surface area contributed by atoms with Crippen LogP contribution >= 0.6 is 0 Å². The summed E-state index contributed by atoms with van der Waals surface area (Å²) in [6, 6.07) is 11.4. The molecule has 1 aliphatic heterocycles. The summed E-state index contributed by atoms with van der Waals surface area (Å²) >= 11 is 0. The van der Waals surface area contributed by atoms with Crippen LogP contribution in [-0.2, 0) is 19.4 Å². The normalized spacial score (nSPS) is 17.3. The Hall–Kier alpha value is -1.87. The monoisotopic (exact) mass is 281 g/mol. The van der Waals surface area contributed by atoms with Gasteiger partial charge in [0.15, 0.2) is 0 Å². The van der Waals surface area contributed by atoms with E-state index < -0.39 is 0 Å². The van der Waals surface area contributed by atoms with E-state index in [4.69, 9.17) is 0 Å². The third kappa shape index (κ3) is 3.24. The number of rotatable bonds is 4. The minimum Gasteiger partial charge on any atom is -0.374 e. The van der Waals surface area contributed by atoms with Gasteiger partial charge in [-0.2, -0.15) is 0 Å². The third-order valence-corrected chi connectivity index (χ3v) is 4.30. The van der Waals surface area contributed by atoms with Gasteiger partial charge >= 0.3 is 0 Å². The minimum absolute atomic E-state index is 0.562. The Balaban J connectivity index is 1.74. The average Bonchev–Trinajstić information content (AvgIpc) is 2.53. The number of nitrogens with zero attached hydrogens (tertiary/aromatic N) is 2. The molecule has 1 aliphatic rings. The van der Waals surface area contributed by atoms with Crippen LogP contribution in [0.4, 0.5) is 5.69 Å². The van der Waals surface area contributed by atoms with Crippen molar-refractivity contribution in [3.05, 3.63) is 59.4 Å². The molecule has 0 radical (unpaired) electrons. The molecule has 3 rings (SSSR count). The molecule has 0 bridgehead atoms. The Morgan fingerprint density at radius 2 is 2.05 bits per heavy atom. The second-order valence-electron chi connectivity index (χ2n) is 5.93. The van der Waals surface area contributed by atoms with E-state index in [1.165, 1.54) is 22.4 Å². The lowest BCUT2D eigenvalue weighted by Gasteiger charge is -2.29. The summed E-state index contributed by atoms with van der Waals surface area (Å²) in [6.07, 6.45) is 5.90. The highest BCUT2D eigenvalue weighted by molar-refractivity contribution is 5.57. The fourth-order valence-corrected chi connectivity index (χ4v) is 3.01. The standard InChI is InChI=1S/C18H23N3/c1-14-12-17-16(13-20-14)4-3-5-18(17)21(2)11-8-15-6-9-19-10-7-15/h3-7,9-10,14,20H,8,11-13H2,1-2H3. The van der Waals surface area contributed by atoms with Gasteiger partial charge in [0.05, 0.1) is 0 Å². The number of likely N-dealkylation sites (N-methyl/N-ethyl adjacent to an activating group) is 1. The Kier molecular flexibility index (Phi) is 4.20. The quantitative estimate of drug-likeness (QED) is 0.934. The number of hydrogen-bond acceptors (Lipinski definition) is 3. The molecule has 0 saturated heterocycles. The minimum atomic E-state index is 0.562. The molecular formula is C18H23N3.